The molecule has 1 heterocycles. The van der Waals surface area contributed by atoms with Gasteiger partial charge < -0.3 is 4.90 Å². The van der Waals surface area contributed by atoms with Crippen molar-refractivity contribution in [3.63, 3.8) is 0 Å². The zero-order valence-electron chi connectivity index (χ0n) is 12.4. The standard InChI is InChI=1S/C13H22BN3O/c1-8(2)11-10(9(3)17(7)15-11)12(18)16(6)13(4,5)14/h8H,1-7H3. The Balaban J connectivity index is 3.29. The topological polar surface area (TPSA) is 38.1 Å². The predicted octanol–water partition coefficient (Wildman–Crippen LogP) is 1.83. The number of hydrogen-bond acceptors (Lipinski definition) is 2. The highest BCUT2D eigenvalue weighted by atomic mass is 16.2. The van der Waals surface area contributed by atoms with Gasteiger partial charge in [0, 0.05) is 19.8 Å². The molecule has 0 bridgehead atoms. The molecule has 0 aromatic carbocycles. The van der Waals surface area contributed by atoms with E-state index in [-0.39, 0.29) is 11.8 Å². The van der Waals surface area contributed by atoms with Crippen molar-refractivity contribution < 1.29 is 4.79 Å². The Morgan fingerprint density at radius 1 is 1.44 bits per heavy atom. The van der Waals surface area contributed by atoms with Crippen LogP contribution in [0, 0.1) is 6.92 Å². The number of aryl methyl sites for hydroxylation is 1. The molecule has 5 heteroatoms. The van der Waals surface area contributed by atoms with Crippen molar-refractivity contribution in [1.29, 1.82) is 0 Å². The van der Waals surface area contributed by atoms with E-state index >= 15 is 0 Å². The molecule has 1 amide bonds. The summed E-state index contributed by atoms with van der Waals surface area (Å²) in [6, 6.07) is 0. The molecule has 0 aliphatic rings. The molecule has 0 aliphatic carbocycles. The molecule has 0 N–H and O–H groups in total. The van der Waals surface area contributed by atoms with Crippen LogP contribution in [0.5, 0.6) is 0 Å². The van der Waals surface area contributed by atoms with E-state index in [1.165, 1.54) is 0 Å². The molecule has 0 aliphatic heterocycles. The Morgan fingerprint density at radius 2 is 1.94 bits per heavy atom. The summed E-state index contributed by atoms with van der Waals surface area (Å²) in [5.74, 6) is 0.134. The van der Waals surface area contributed by atoms with Gasteiger partial charge in [0.25, 0.3) is 5.91 Å². The first-order valence-corrected chi connectivity index (χ1v) is 6.18. The molecule has 0 unspecified atom stereocenters. The van der Waals surface area contributed by atoms with E-state index in [1.807, 2.05) is 41.7 Å². The maximum atomic E-state index is 12.5. The van der Waals surface area contributed by atoms with Gasteiger partial charge in [-0.15, -0.1) is 0 Å². The van der Waals surface area contributed by atoms with E-state index in [4.69, 9.17) is 7.85 Å². The summed E-state index contributed by atoms with van der Waals surface area (Å²) in [6.45, 7) is 9.60. The summed E-state index contributed by atoms with van der Waals surface area (Å²) in [4.78, 5) is 14.1. The third-order valence-corrected chi connectivity index (χ3v) is 3.29. The van der Waals surface area contributed by atoms with E-state index < -0.39 is 5.44 Å². The number of hydrogen-bond donors (Lipinski definition) is 0. The Hall–Kier alpha value is -1.26. The molecule has 1 aromatic heterocycles. The first kappa shape index (κ1) is 14.8. The number of nitrogens with zero attached hydrogens (tertiary/aromatic N) is 3. The maximum absolute atomic E-state index is 12.5. The lowest BCUT2D eigenvalue weighted by atomic mass is 9.80. The second kappa shape index (κ2) is 4.79. The highest BCUT2D eigenvalue weighted by molar-refractivity contribution is 6.17. The monoisotopic (exact) mass is 247 g/mol. The number of carbonyl (C=O) groups is 1. The SMILES string of the molecule is [B]C(C)(C)N(C)C(=O)c1c(C(C)C)nn(C)c1C. The van der Waals surface area contributed by atoms with Crippen LogP contribution in [-0.2, 0) is 7.05 Å². The quantitative estimate of drug-likeness (QED) is 0.764. The smallest absolute Gasteiger partial charge is 0.257 e. The van der Waals surface area contributed by atoms with Gasteiger partial charge in [-0.25, -0.2) is 0 Å². The minimum atomic E-state index is -0.687. The Kier molecular flexibility index (Phi) is 3.94. The third kappa shape index (κ3) is 2.60. The fourth-order valence-corrected chi connectivity index (χ4v) is 1.73. The number of rotatable bonds is 3. The highest BCUT2D eigenvalue weighted by Crippen LogP contribution is 2.24. The molecule has 0 spiro atoms. The summed E-state index contributed by atoms with van der Waals surface area (Å²) >= 11 is 0. The Bertz CT molecular complexity index is 458. The average molecular weight is 247 g/mol. The Labute approximate surface area is 111 Å². The van der Waals surface area contributed by atoms with Gasteiger partial charge in [0.1, 0.15) is 7.85 Å². The Morgan fingerprint density at radius 3 is 2.33 bits per heavy atom. The van der Waals surface area contributed by atoms with Crippen molar-refractivity contribution in [2.24, 2.45) is 7.05 Å². The number of aromatic nitrogens is 2. The summed E-state index contributed by atoms with van der Waals surface area (Å²) in [5, 5.41) is 4.42. The summed E-state index contributed by atoms with van der Waals surface area (Å²) in [6.07, 6.45) is 0. The van der Waals surface area contributed by atoms with E-state index in [0.29, 0.717) is 5.56 Å². The number of carbonyl (C=O) groups excluding carboxylic acids is 1. The van der Waals surface area contributed by atoms with Gasteiger partial charge in [0.15, 0.2) is 0 Å². The molecular weight excluding hydrogens is 225 g/mol. The van der Waals surface area contributed by atoms with Crippen LogP contribution in [0.15, 0.2) is 0 Å². The van der Waals surface area contributed by atoms with E-state index in [2.05, 4.69) is 5.10 Å². The van der Waals surface area contributed by atoms with Crippen LogP contribution >= 0.6 is 0 Å². The normalized spacial score (nSPS) is 12.0. The van der Waals surface area contributed by atoms with Gasteiger partial charge in [-0.2, -0.15) is 5.10 Å². The molecule has 0 fully saturated rings. The van der Waals surface area contributed by atoms with Gasteiger partial charge in [-0.1, -0.05) is 27.7 Å². The fourth-order valence-electron chi connectivity index (χ4n) is 1.73. The number of amides is 1. The molecule has 1 aromatic rings. The van der Waals surface area contributed by atoms with Crippen LogP contribution in [0.1, 0.15) is 55.4 Å². The summed E-state index contributed by atoms with van der Waals surface area (Å²) in [7, 11) is 9.55. The van der Waals surface area contributed by atoms with Gasteiger partial charge in [-0.3, -0.25) is 9.48 Å². The molecule has 4 nitrogen and oxygen atoms in total. The average Bonchev–Trinajstić information content (AvgIpc) is 2.52. The minimum absolute atomic E-state index is 0.0724. The second-order valence-electron chi connectivity index (χ2n) is 5.64. The van der Waals surface area contributed by atoms with Crippen LogP contribution in [0.2, 0.25) is 0 Å². The highest BCUT2D eigenvalue weighted by Gasteiger charge is 2.29. The molecule has 1 rings (SSSR count). The summed E-state index contributed by atoms with van der Waals surface area (Å²) in [5.41, 5.74) is 1.69. The van der Waals surface area contributed by atoms with Crippen molar-refractivity contribution in [1.82, 2.24) is 14.7 Å². The van der Waals surface area contributed by atoms with Crippen LogP contribution in [0.4, 0.5) is 0 Å². The molecule has 98 valence electrons. The maximum Gasteiger partial charge on any atom is 0.257 e. The first-order chi connectivity index (χ1) is 8.07. The first-order valence-electron chi connectivity index (χ1n) is 6.18. The van der Waals surface area contributed by atoms with Crippen LogP contribution in [-0.4, -0.2) is 40.9 Å². The van der Waals surface area contributed by atoms with E-state index in [1.54, 1.807) is 16.6 Å². The van der Waals surface area contributed by atoms with Crippen LogP contribution < -0.4 is 0 Å². The lowest BCUT2D eigenvalue weighted by Crippen LogP contribution is -2.45. The van der Waals surface area contributed by atoms with Crippen molar-refractivity contribution >= 4 is 13.8 Å². The van der Waals surface area contributed by atoms with Crippen molar-refractivity contribution in [2.45, 2.75) is 46.0 Å². The van der Waals surface area contributed by atoms with Gasteiger partial charge in [0.05, 0.1) is 11.3 Å². The summed E-state index contributed by atoms with van der Waals surface area (Å²) < 4.78 is 1.75. The van der Waals surface area contributed by atoms with E-state index in [9.17, 15) is 4.79 Å². The molecule has 0 saturated heterocycles. The van der Waals surface area contributed by atoms with Gasteiger partial charge >= 0.3 is 0 Å². The van der Waals surface area contributed by atoms with Gasteiger partial charge in [-0.05, 0) is 18.3 Å². The molecule has 0 atom stereocenters. The fraction of sp³-hybridized carbons (Fsp3) is 0.692. The van der Waals surface area contributed by atoms with Crippen LogP contribution in [0.3, 0.4) is 0 Å². The minimum Gasteiger partial charge on any atom is -0.345 e. The molecule has 0 saturated carbocycles. The lowest BCUT2D eigenvalue weighted by molar-refractivity contribution is 0.0720. The zero-order valence-corrected chi connectivity index (χ0v) is 12.4. The molecule has 2 radical (unpaired) electrons. The van der Waals surface area contributed by atoms with Crippen molar-refractivity contribution in [3.05, 3.63) is 17.0 Å². The lowest BCUT2D eigenvalue weighted by Gasteiger charge is -2.33. The molecule has 18 heavy (non-hydrogen) atoms. The predicted molar refractivity (Wildman–Crippen MR) is 74.0 cm³/mol. The zero-order chi connectivity index (χ0) is 14.2. The second-order valence-corrected chi connectivity index (χ2v) is 5.64. The molecular formula is C13H22BN3O. The van der Waals surface area contributed by atoms with Crippen molar-refractivity contribution in [2.75, 3.05) is 7.05 Å². The van der Waals surface area contributed by atoms with E-state index in [0.717, 1.165) is 11.4 Å². The van der Waals surface area contributed by atoms with Gasteiger partial charge in [0.2, 0.25) is 0 Å². The largest absolute Gasteiger partial charge is 0.345 e. The third-order valence-electron chi connectivity index (χ3n) is 3.29. The van der Waals surface area contributed by atoms with Crippen molar-refractivity contribution in [3.8, 4) is 0 Å². The van der Waals surface area contributed by atoms with Crippen LogP contribution in [0.25, 0.3) is 0 Å².